The zero-order chi connectivity index (χ0) is 18.1. The van der Waals surface area contributed by atoms with Gasteiger partial charge in [0.2, 0.25) is 5.91 Å². The average Bonchev–Trinajstić information content (AvgIpc) is 2.62. The van der Waals surface area contributed by atoms with Gasteiger partial charge in [-0.05, 0) is 50.2 Å². The summed E-state index contributed by atoms with van der Waals surface area (Å²) in [6, 6.07) is 5.29. The van der Waals surface area contributed by atoms with Gasteiger partial charge in [0.1, 0.15) is 5.82 Å². The number of amides is 2. The summed E-state index contributed by atoms with van der Waals surface area (Å²) < 4.78 is 18.2. The molecule has 2 amide bonds. The molecule has 0 bridgehead atoms. The highest BCUT2D eigenvalue weighted by atomic mass is 19.1. The number of halogens is 1. The maximum atomic E-state index is 12.8. The molecule has 0 atom stereocenters. The Bertz CT molecular complexity index is 566. The summed E-state index contributed by atoms with van der Waals surface area (Å²) in [5, 5.41) is 8.93. The van der Waals surface area contributed by atoms with Crippen LogP contribution >= 0.6 is 0 Å². The van der Waals surface area contributed by atoms with E-state index < -0.39 is 0 Å². The van der Waals surface area contributed by atoms with Crippen LogP contribution in [0, 0.1) is 11.2 Å². The summed E-state index contributed by atoms with van der Waals surface area (Å²) in [5.74, 6) is -0.811. The van der Waals surface area contributed by atoms with Crippen LogP contribution in [0.1, 0.15) is 29.6 Å². The summed E-state index contributed by atoms with van der Waals surface area (Å²) in [7, 11) is 1.68. The van der Waals surface area contributed by atoms with Crippen molar-refractivity contribution in [1.29, 1.82) is 0 Å². The highest BCUT2D eigenvalue weighted by Crippen LogP contribution is 2.28. The first-order valence-electron chi connectivity index (χ1n) is 8.55. The van der Waals surface area contributed by atoms with Crippen molar-refractivity contribution in [2.24, 2.45) is 5.41 Å². The lowest BCUT2D eigenvalue weighted by Gasteiger charge is -2.37. The number of rotatable bonds is 8. The van der Waals surface area contributed by atoms with Crippen molar-refractivity contribution in [3.05, 3.63) is 35.6 Å². The van der Waals surface area contributed by atoms with Crippen LogP contribution in [0.4, 0.5) is 4.39 Å². The predicted molar refractivity (Wildman–Crippen MR) is 92.8 cm³/mol. The van der Waals surface area contributed by atoms with E-state index in [4.69, 9.17) is 4.74 Å². The first-order valence-corrected chi connectivity index (χ1v) is 8.55. The minimum Gasteiger partial charge on any atom is -0.384 e. The molecule has 6 nitrogen and oxygen atoms in total. The number of ether oxygens (including phenoxy) is 1. The van der Waals surface area contributed by atoms with Crippen molar-refractivity contribution >= 4 is 11.8 Å². The van der Waals surface area contributed by atoms with Crippen molar-refractivity contribution in [3.8, 4) is 0 Å². The fourth-order valence-electron chi connectivity index (χ4n) is 3.00. The largest absolute Gasteiger partial charge is 0.384 e. The molecule has 0 aliphatic carbocycles. The van der Waals surface area contributed by atoms with Gasteiger partial charge in [-0.3, -0.25) is 9.59 Å². The third kappa shape index (κ3) is 6.10. The number of hydrogen-bond donors (Lipinski definition) is 3. The predicted octanol–water partition coefficient (Wildman–Crippen LogP) is 1.08. The van der Waals surface area contributed by atoms with E-state index in [9.17, 15) is 14.0 Å². The van der Waals surface area contributed by atoms with Gasteiger partial charge in [-0.25, -0.2) is 4.39 Å². The Kier molecular flexibility index (Phi) is 7.33. The van der Waals surface area contributed by atoms with Crippen LogP contribution in [0.15, 0.2) is 24.3 Å². The molecule has 1 heterocycles. The minimum absolute atomic E-state index is 0.0208. The van der Waals surface area contributed by atoms with Gasteiger partial charge in [0.05, 0.1) is 6.61 Å². The summed E-state index contributed by atoms with van der Waals surface area (Å²) in [6.07, 6.45) is 2.12. The smallest absolute Gasteiger partial charge is 0.251 e. The van der Waals surface area contributed by atoms with Gasteiger partial charge in [-0.2, -0.15) is 0 Å². The van der Waals surface area contributed by atoms with Gasteiger partial charge >= 0.3 is 0 Å². The van der Waals surface area contributed by atoms with Crippen molar-refractivity contribution in [2.75, 3.05) is 39.9 Å². The van der Waals surface area contributed by atoms with Gasteiger partial charge in [0.25, 0.3) is 5.91 Å². The summed E-state index contributed by atoms with van der Waals surface area (Å²) in [5.41, 5.74) is 0.350. The molecule has 0 aromatic heterocycles. The highest BCUT2D eigenvalue weighted by molar-refractivity contribution is 5.94. The molecular formula is C18H26FN3O3. The number of carbonyl (C=O) groups is 2. The third-order valence-electron chi connectivity index (χ3n) is 4.52. The molecule has 1 aromatic rings. The highest BCUT2D eigenvalue weighted by Gasteiger charge is 2.32. The van der Waals surface area contributed by atoms with E-state index in [2.05, 4.69) is 16.0 Å². The summed E-state index contributed by atoms with van der Waals surface area (Å²) >= 11 is 0. The molecule has 7 heteroatoms. The fraction of sp³-hybridized carbons (Fsp3) is 0.556. The number of carbonyl (C=O) groups excluding carboxylic acids is 2. The lowest BCUT2D eigenvalue weighted by atomic mass is 9.79. The van der Waals surface area contributed by atoms with E-state index in [1.165, 1.54) is 24.3 Å². The Labute approximate surface area is 147 Å². The van der Waals surface area contributed by atoms with Gasteiger partial charge < -0.3 is 20.7 Å². The Hall–Kier alpha value is -1.99. The zero-order valence-corrected chi connectivity index (χ0v) is 14.6. The molecule has 1 fully saturated rings. The SMILES string of the molecule is COCC1(CNC(=O)CCNC(=O)c2ccc(F)cc2)CCNCC1. The van der Waals surface area contributed by atoms with E-state index in [0.717, 1.165) is 25.9 Å². The molecule has 25 heavy (non-hydrogen) atoms. The molecule has 0 radical (unpaired) electrons. The van der Waals surface area contributed by atoms with E-state index >= 15 is 0 Å². The van der Waals surface area contributed by atoms with Crippen LogP contribution in [-0.2, 0) is 9.53 Å². The second kappa shape index (κ2) is 9.48. The van der Waals surface area contributed by atoms with Crippen LogP contribution in [0.2, 0.25) is 0 Å². The molecule has 1 saturated heterocycles. The van der Waals surface area contributed by atoms with Crippen LogP contribution in [0.5, 0.6) is 0 Å². The summed E-state index contributed by atoms with van der Waals surface area (Å²) in [6.45, 7) is 3.28. The Morgan fingerprint density at radius 1 is 1.20 bits per heavy atom. The van der Waals surface area contributed by atoms with Crippen molar-refractivity contribution < 1.29 is 18.7 Å². The maximum Gasteiger partial charge on any atom is 0.251 e. The van der Waals surface area contributed by atoms with E-state index in [-0.39, 0.29) is 36.0 Å². The lowest BCUT2D eigenvalue weighted by molar-refractivity contribution is -0.121. The standard InChI is InChI=1S/C18H26FN3O3/c1-25-13-18(7-10-20-11-8-18)12-22-16(23)6-9-21-17(24)14-2-4-15(19)5-3-14/h2-5,20H,6-13H2,1H3,(H,21,24)(H,22,23). The van der Waals surface area contributed by atoms with Crippen molar-refractivity contribution in [2.45, 2.75) is 19.3 Å². The molecule has 0 unspecified atom stereocenters. The van der Waals surface area contributed by atoms with Gasteiger partial charge in [-0.1, -0.05) is 0 Å². The number of benzene rings is 1. The second-order valence-corrected chi connectivity index (χ2v) is 6.47. The molecule has 2 rings (SSSR count). The number of piperidine rings is 1. The van der Waals surface area contributed by atoms with Crippen molar-refractivity contribution in [1.82, 2.24) is 16.0 Å². The first-order chi connectivity index (χ1) is 12.0. The third-order valence-corrected chi connectivity index (χ3v) is 4.52. The van der Waals surface area contributed by atoms with Gasteiger partial charge in [0.15, 0.2) is 0 Å². The van der Waals surface area contributed by atoms with E-state index in [1.807, 2.05) is 0 Å². The quantitative estimate of drug-likeness (QED) is 0.655. The number of methoxy groups -OCH3 is 1. The normalized spacial score (nSPS) is 16.2. The van der Waals surface area contributed by atoms with Crippen LogP contribution in [0.3, 0.4) is 0 Å². The summed E-state index contributed by atoms with van der Waals surface area (Å²) in [4.78, 5) is 23.9. The first kappa shape index (κ1) is 19.3. The molecule has 1 aromatic carbocycles. The zero-order valence-electron chi connectivity index (χ0n) is 14.6. The van der Waals surface area contributed by atoms with Gasteiger partial charge in [0, 0.05) is 37.6 Å². The molecule has 3 N–H and O–H groups in total. The Morgan fingerprint density at radius 3 is 2.52 bits per heavy atom. The van der Waals surface area contributed by atoms with Crippen molar-refractivity contribution in [3.63, 3.8) is 0 Å². The van der Waals surface area contributed by atoms with Crippen LogP contribution in [-0.4, -0.2) is 51.7 Å². The monoisotopic (exact) mass is 351 g/mol. The fourth-order valence-corrected chi connectivity index (χ4v) is 3.00. The molecule has 138 valence electrons. The number of nitrogens with one attached hydrogen (secondary N) is 3. The van der Waals surface area contributed by atoms with E-state index in [1.54, 1.807) is 7.11 Å². The van der Waals surface area contributed by atoms with Crippen LogP contribution in [0.25, 0.3) is 0 Å². The maximum absolute atomic E-state index is 12.8. The lowest BCUT2D eigenvalue weighted by Crippen LogP contribution is -2.47. The second-order valence-electron chi connectivity index (χ2n) is 6.47. The molecule has 1 aliphatic rings. The Morgan fingerprint density at radius 2 is 1.88 bits per heavy atom. The van der Waals surface area contributed by atoms with Gasteiger partial charge in [-0.15, -0.1) is 0 Å². The molecule has 0 saturated carbocycles. The molecular weight excluding hydrogens is 325 g/mol. The topological polar surface area (TPSA) is 79.5 Å². The van der Waals surface area contributed by atoms with E-state index in [0.29, 0.717) is 18.7 Å². The average molecular weight is 351 g/mol. The van der Waals surface area contributed by atoms with Crippen LogP contribution < -0.4 is 16.0 Å². The Balaban J connectivity index is 1.71. The molecule has 0 spiro atoms. The molecule has 1 aliphatic heterocycles. The minimum atomic E-state index is -0.390. The number of hydrogen-bond acceptors (Lipinski definition) is 4.